The monoisotopic (exact) mass is 415 g/mol. The van der Waals surface area contributed by atoms with Crippen molar-refractivity contribution in [2.45, 2.75) is 52.4 Å². The van der Waals surface area contributed by atoms with Gasteiger partial charge in [-0.3, -0.25) is 14.2 Å². The number of hydrogen-bond donors (Lipinski definition) is 1. The number of thioether (sulfide) groups is 1. The molecule has 28 heavy (non-hydrogen) atoms. The number of benzene rings is 1. The highest BCUT2D eigenvalue weighted by molar-refractivity contribution is 7.99. The van der Waals surface area contributed by atoms with Crippen LogP contribution in [0.1, 0.15) is 41.5 Å². The average molecular weight is 416 g/mol. The lowest BCUT2D eigenvalue weighted by atomic mass is 10.1. The molecule has 5 nitrogen and oxygen atoms in total. The van der Waals surface area contributed by atoms with Gasteiger partial charge >= 0.3 is 0 Å². The molecule has 0 fully saturated rings. The van der Waals surface area contributed by atoms with Crippen LogP contribution in [0.15, 0.2) is 34.2 Å². The minimum Gasteiger partial charge on any atom is -0.351 e. The zero-order chi connectivity index (χ0) is 20.4. The van der Waals surface area contributed by atoms with E-state index < -0.39 is 0 Å². The predicted octanol–water partition coefficient (Wildman–Crippen LogP) is 4.37. The van der Waals surface area contributed by atoms with Gasteiger partial charge in [0.2, 0.25) is 5.91 Å². The van der Waals surface area contributed by atoms with Crippen LogP contribution in [0.4, 0.5) is 0 Å². The maximum absolute atomic E-state index is 13.0. The van der Waals surface area contributed by atoms with Gasteiger partial charge in [0.15, 0.2) is 5.16 Å². The largest absolute Gasteiger partial charge is 0.351 e. The summed E-state index contributed by atoms with van der Waals surface area (Å²) in [7, 11) is 0. The van der Waals surface area contributed by atoms with Crippen molar-refractivity contribution in [1.82, 2.24) is 14.9 Å². The van der Waals surface area contributed by atoms with E-state index in [9.17, 15) is 9.59 Å². The highest BCUT2D eigenvalue weighted by Gasteiger charge is 2.19. The third kappa shape index (κ3) is 4.15. The fourth-order valence-electron chi connectivity index (χ4n) is 3.03. The molecule has 0 aliphatic carbocycles. The summed E-state index contributed by atoms with van der Waals surface area (Å²) in [5.74, 6) is 0.149. The lowest BCUT2D eigenvalue weighted by Crippen LogP contribution is -2.27. The summed E-state index contributed by atoms with van der Waals surface area (Å²) in [6.45, 7) is 10.4. The number of aromatic nitrogens is 2. The minimum atomic E-state index is -0.0727. The van der Waals surface area contributed by atoms with Gasteiger partial charge in [-0.05, 0) is 51.3 Å². The fourth-order valence-corrected chi connectivity index (χ4v) is 5.06. The molecule has 0 bridgehead atoms. The standard InChI is InChI=1S/C21H25N3O2S2/c1-12(2)24-20(26)18-14(4)15(5)28-19(18)23-21(24)27-11-17(25)22-10-16-9-7-6-8-13(16)3/h6-9,12H,10-11H2,1-5H3,(H,22,25). The zero-order valence-electron chi connectivity index (χ0n) is 16.8. The Morgan fingerprint density at radius 2 is 1.96 bits per heavy atom. The third-order valence-electron chi connectivity index (χ3n) is 4.79. The molecule has 1 N–H and O–H groups in total. The van der Waals surface area contributed by atoms with Crippen molar-refractivity contribution in [2.75, 3.05) is 5.75 Å². The Hall–Kier alpha value is -2.12. The fraction of sp³-hybridized carbons (Fsp3) is 0.381. The second-order valence-electron chi connectivity index (χ2n) is 7.12. The van der Waals surface area contributed by atoms with Gasteiger partial charge in [0.25, 0.3) is 5.56 Å². The normalized spacial score (nSPS) is 11.4. The summed E-state index contributed by atoms with van der Waals surface area (Å²) in [6, 6.07) is 7.96. The second kappa shape index (κ2) is 8.49. The van der Waals surface area contributed by atoms with Gasteiger partial charge in [-0.1, -0.05) is 36.0 Å². The molecule has 0 saturated carbocycles. The van der Waals surface area contributed by atoms with Crippen molar-refractivity contribution >= 4 is 39.2 Å². The van der Waals surface area contributed by atoms with Crippen LogP contribution in [0.5, 0.6) is 0 Å². The first kappa shape index (κ1) is 20.6. The molecule has 0 aliphatic rings. The maximum atomic E-state index is 13.0. The number of carbonyl (C=O) groups excluding carboxylic acids is 1. The number of carbonyl (C=O) groups is 1. The van der Waals surface area contributed by atoms with Crippen LogP contribution in [0.2, 0.25) is 0 Å². The topological polar surface area (TPSA) is 64.0 Å². The summed E-state index contributed by atoms with van der Waals surface area (Å²) < 4.78 is 1.70. The molecular formula is C21H25N3O2S2. The van der Waals surface area contributed by atoms with Gasteiger partial charge < -0.3 is 5.32 Å². The van der Waals surface area contributed by atoms with Gasteiger partial charge in [0.05, 0.1) is 11.1 Å². The van der Waals surface area contributed by atoms with Crippen LogP contribution in [0.25, 0.3) is 10.2 Å². The summed E-state index contributed by atoms with van der Waals surface area (Å²) in [5.41, 5.74) is 3.23. The molecule has 0 spiro atoms. The zero-order valence-corrected chi connectivity index (χ0v) is 18.5. The van der Waals surface area contributed by atoms with E-state index in [1.165, 1.54) is 23.1 Å². The van der Waals surface area contributed by atoms with Crippen LogP contribution in [0.3, 0.4) is 0 Å². The molecular weight excluding hydrogens is 390 g/mol. The van der Waals surface area contributed by atoms with Crippen molar-refractivity contribution in [3.05, 3.63) is 56.2 Å². The average Bonchev–Trinajstić information content (AvgIpc) is 2.93. The van der Waals surface area contributed by atoms with E-state index in [1.807, 2.05) is 58.9 Å². The van der Waals surface area contributed by atoms with Gasteiger partial charge in [0.1, 0.15) is 4.83 Å². The van der Waals surface area contributed by atoms with Crippen LogP contribution in [0, 0.1) is 20.8 Å². The minimum absolute atomic E-state index is 0.0235. The highest BCUT2D eigenvalue weighted by atomic mass is 32.2. The molecule has 148 valence electrons. The van der Waals surface area contributed by atoms with Crippen molar-refractivity contribution in [1.29, 1.82) is 0 Å². The van der Waals surface area contributed by atoms with Gasteiger partial charge in [0, 0.05) is 17.5 Å². The molecule has 1 aromatic carbocycles. The molecule has 7 heteroatoms. The first-order valence-corrected chi connectivity index (χ1v) is 11.1. The molecule has 2 heterocycles. The van der Waals surface area contributed by atoms with Crippen molar-refractivity contribution in [3.63, 3.8) is 0 Å². The summed E-state index contributed by atoms with van der Waals surface area (Å²) >= 11 is 2.85. The number of rotatable bonds is 6. The predicted molar refractivity (Wildman–Crippen MR) is 117 cm³/mol. The first-order valence-electron chi connectivity index (χ1n) is 9.25. The third-order valence-corrected chi connectivity index (χ3v) is 6.84. The summed E-state index contributed by atoms with van der Waals surface area (Å²) in [5, 5.41) is 4.25. The Balaban J connectivity index is 1.78. The number of amides is 1. The molecule has 0 atom stereocenters. The first-order chi connectivity index (χ1) is 13.3. The maximum Gasteiger partial charge on any atom is 0.263 e. The molecule has 0 radical (unpaired) electrons. The summed E-state index contributed by atoms with van der Waals surface area (Å²) in [4.78, 5) is 31.9. The second-order valence-corrected chi connectivity index (χ2v) is 9.26. The van der Waals surface area contributed by atoms with Gasteiger partial charge in [-0.2, -0.15) is 0 Å². The highest BCUT2D eigenvalue weighted by Crippen LogP contribution is 2.29. The Labute approximate surface area is 173 Å². The van der Waals surface area contributed by atoms with Crippen LogP contribution in [-0.2, 0) is 11.3 Å². The van der Waals surface area contributed by atoms with E-state index in [0.29, 0.717) is 17.1 Å². The van der Waals surface area contributed by atoms with Crippen LogP contribution in [-0.4, -0.2) is 21.2 Å². The molecule has 0 aliphatic heterocycles. The molecule has 0 saturated heterocycles. The number of aryl methyl sites for hydroxylation is 3. The molecule has 2 aromatic heterocycles. The number of hydrogen-bond acceptors (Lipinski definition) is 5. The SMILES string of the molecule is Cc1ccccc1CNC(=O)CSc1nc2sc(C)c(C)c2c(=O)n1C(C)C. The number of nitrogens with zero attached hydrogens (tertiary/aromatic N) is 2. The van der Waals surface area contributed by atoms with Crippen molar-refractivity contribution in [2.24, 2.45) is 0 Å². The Morgan fingerprint density at radius 3 is 2.64 bits per heavy atom. The van der Waals surface area contributed by atoms with Crippen molar-refractivity contribution in [3.8, 4) is 0 Å². The van der Waals surface area contributed by atoms with E-state index in [1.54, 1.807) is 4.57 Å². The van der Waals surface area contributed by atoms with E-state index in [2.05, 4.69) is 5.32 Å². The van der Waals surface area contributed by atoms with Crippen LogP contribution < -0.4 is 10.9 Å². The lowest BCUT2D eigenvalue weighted by molar-refractivity contribution is -0.118. The van der Waals surface area contributed by atoms with E-state index in [4.69, 9.17) is 4.98 Å². The van der Waals surface area contributed by atoms with E-state index in [-0.39, 0.29) is 23.3 Å². The molecule has 0 unspecified atom stereocenters. The van der Waals surface area contributed by atoms with Crippen LogP contribution >= 0.6 is 23.1 Å². The number of nitrogens with one attached hydrogen (secondary N) is 1. The number of thiophene rings is 1. The summed E-state index contributed by atoms with van der Waals surface area (Å²) in [6.07, 6.45) is 0. The van der Waals surface area contributed by atoms with Gasteiger partial charge in [-0.15, -0.1) is 11.3 Å². The molecule has 3 rings (SSSR count). The Morgan fingerprint density at radius 1 is 1.25 bits per heavy atom. The lowest BCUT2D eigenvalue weighted by Gasteiger charge is -2.15. The van der Waals surface area contributed by atoms with E-state index in [0.717, 1.165) is 26.4 Å². The molecule has 3 aromatic rings. The Bertz CT molecular complexity index is 1080. The van der Waals surface area contributed by atoms with E-state index >= 15 is 0 Å². The number of fused-ring (bicyclic) bond motifs is 1. The van der Waals surface area contributed by atoms with Gasteiger partial charge in [-0.25, -0.2) is 4.98 Å². The quantitative estimate of drug-likeness (QED) is 0.480. The molecule has 1 amide bonds. The Kier molecular flexibility index (Phi) is 6.25. The van der Waals surface area contributed by atoms with Crippen molar-refractivity contribution < 1.29 is 4.79 Å². The smallest absolute Gasteiger partial charge is 0.263 e.